The van der Waals surface area contributed by atoms with Gasteiger partial charge < -0.3 is 10.2 Å². The predicted molar refractivity (Wildman–Crippen MR) is 80.5 cm³/mol. The van der Waals surface area contributed by atoms with Crippen LogP contribution in [0.2, 0.25) is 0 Å². The number of hydrogen-bond donors (Lipinski definition) is 1. The van der Waals surface area contributed by atoms with Gasteiger partial charge in [0.05, 0.1) is 0 Å². The molecule has 1 unspecified atom stereocenters. The Morgan fingerprint density at radius 1 is 1.14 bits per heavy atom. The number of nitrogens with zero attached hydrogens (tertiary/aromatic N) is 1. The van der Waals surface area contributed by atoms with Crippen molar-refractivity contribution in [3.63, 3.8) is 0 Å². The number of β-lactam (4-membered cyclic amide) rings is 1. The van der Waals surface area contributed by atoms with E-state index in [1.807, 2.05) is 30.3 Å². The van der Waals surface area contributed by atoms with E-state index >= 15 is 0 Å². The topological polar surface area (TPSA) is 49.4 Å². The van der Waals surface area contributed by atoms with Crippen molar-refractivity contribution < 1.29 is 9.59 Å². The van der Waals surface area contributed by atoms with Gasteiger partial charge in [-0.1, -0.05) is 49.6 Å². The predicted octanol–water partition coefficient (Wildman–Crippen LogP) is 2.41. The van der Waals surface area contributed by atoms with E-state index in [0.29, 0.717) is 13.0 Å². The molecule has 0 radical (unpaired) electrons. The van der Waals surface area contributed by atoms with Gasteiger partial charge in [-0.05, 0) is 18.4 Å². The van der Waals surface area contributed by atoms with Crippen molar-refractivity contribution in [2.75, 3.05) is 6.54 Å². The molecule has 3 rings (SSSR count). The summed E-state index contributed by atoms with van der Waals surface area (Å²) in [5.74, 6) is 0.0452. The van der Waals surface area contributed by atoms with E-state index < -0.39 is 6.04 Å². The van der Waals surface area contributed by atoms with E-state index in [1.54, 1.807) is 4.90 Å². The monoisotopic (exact) mass is 286 g/mol. The molecule has 1 heterocycles. The summed E-state index contributed by atoms with van der Waals surface area (Å²) in [5, 5.41) is 3.15. The smallest absolute Gasteiger partial charge is 0.247 e. The SMILES string of the molecule is O=C(NC1CCCCC1)C(c1ccccc1)N1CCC1=O. The van der Waals surface area contributed by atoms with Gasteiger partial charge in [-0.25, -0.2) is 0 Å². The Bertz CT molecular complexity index is 509. The van der Waals surface area contributed by atoms with Gasteiger partial charge in [0.2, 0.25) is 11.8 Å². The van der Waals surface area contributed by atoms with Crippen molar-refractivity contribution in [1.82, 2.24) is 10.2 Å². The van der Waals surface area contributed by atoms with Gasteiger partial charge in [0.25, 0.3) is 0 Å². The molecule has 1 aromatic carbocycles. The average Bonchev–Trinajstić information content (AvgIpc) is 2.52. The summed E-state index contributed by atoms with van der Waals surface area (Å²) in [5.41, 5.74) is 0.902. The Morgan fingerprint density at radius 3 is 2.43 bits per heavy atom. The molecule has 1 saturated carbocycles. The van der Waals surface area contributed by atoms with E-state index in [0.717, 1.165) is 18.4 Å². The van der Waals surface area contributed by atoms with Gasteiger partial charge in [-0.3, -0.25) is 9.59 Å². The molecule has 2 amide bonds. The highest BCUT2D eigenvalue weighted by Crippen LogP contribution is 2.28. The number of benzene rings is 1. The lowest BCUT2D eigenvalue weighted by molar-refractivity contribution is -0.149. The third-order valence-electron chi connectivity index (χ3n) is 4.51. The lowest BCUT2D eigenvalue weighted by atomic mass is 9.94. The Balaban J connectivity index is 1.74. The van der Waals surface area contributed by atoms with Crippen LogP contribution in [-0.2, 0) is 9.59 Å². The molecule has 1 aromatic rings. The van der Waals surface area contributed by atoms with Gasteiger partial charge in [0.1, 0.15) is 6.04 Å². The summed E-state index contributed by atoms with van der Waals surface area (Å²) < 4.78 is 0. The van der Waals surface area contributed by atoms with Crippen molar-refractivity contribution in [2.24, 2.45) is 0 Å². The normalized spacial score (nSPS) is 20.8. The molecule has 0 aromatic heterocycles. The maximum atomic E-state index is 12.7. The molecule has 1 N–H and O–H groups in total. The van der Waals surface area contributed by atoms with Crippen molar-refractivity contribution in [3.8, 4) is 0 Å². The van der Waals surface area contributed by atoms with Crippen LogP contribution in [0.5, 0.6) is 0 Å². The molecule has 1 aliphatic carbocycles. The number of nitrogens with one attached hydrogen (secondary N) is 1. The lowest BCUT2D eigenvalue weighted by Gasteiger charge is -2.38. The first-order valence-corrected chi connectivity index (χ1v) is 7.90. The number of amides is 2. The zero-order valence-corrected chi connectivity index (χ0v) is 12.3. The minimum Gasteiger partial charge on any atom is -0.351 e. The van der Waals surface area contributed by atoms with E-state index in [2.05, 4.69) is 5.32 Å². The van der Waals surface area contributed by atoms with Gasteiger partial charge in [0, 0.05) is 19.0 Å². The molecular formula is C17H22N2O2. The first kappa shape index (κ1) is 14.1. The summed E-state index contributed by atoms with van der Waals surface area (Å²) in [6, 6.07) is 9.43. The Morgan fingerprint density at radius 2 is 1.86 bits per heavy atom. The molecular weight excluding hydrogens is 264 g/mol. The molecule has 112 valence electrons. The zero-order valence-electron chi connectivity index (χ0n) is 12.3. The average molecular weight is 286 g/mol. The molecule has 4 nitrogen and oxygen atoms in total. The highest BCUT2D eigenvalue weighted by atomic mass is 16.2. The highest BCUT2D eigenvalue weighted by Gasteiger charge is 2.37. The van der Waals surface area contributed by atoms with E-state index in [1.165, 1.54) is 19.3 Å². The fourth-order valence-corrected chi connectivity index (χ4v) is 3.24. The van der Waals surface area contributed by atoms with Crippen molar-refractivity contribution >= 4 is 11.8 Å². The minimum atomic E-state index is -0.464. The lowest BCUT2D eigenvalue weighted by Crippen LogP contribution is -2.52. The molecule has 1 aliphatic heterocycles. The van der Waals surface area contributed by atoms with Crippen LogP contribution in [0.15, 0.2) is 30.3 Å². The second-order valence-electron chi connectivity index (χ2n) is 5.99. The summed E-state index contributed by atoms with van der Waals surface area (Å²) in [6.45, 7) is 0.677. The molecule has 0 spiro atoms. The van der Waals surface area contributed by atoms with Crippen LogP contribution >= 0.6 is 0 Å². The van der Waals surface area contributed by atoms with Crippen LogP contribution in [0.3, 0.4) is 0 Å². The number of carbonyl (C=O) groups is 2. The summed E-state index contributed by atoms with van der Waals surface area (Å²) in [6.07, 6.45) is 6.30. The summed E-state index contributed by atoms with van der Waals surface area (Å²) in [4.78, 5) is 26.2. The Hall–Kier alpha value is -1.84. The quantitative estimate of drug-likeness (QED) is 0.864. The molecule has 21 heavy (non-hydrogen) atoms. The third-order valence-corrected chi connectivity index (χ3v) is 4.51. The van der Waals surface area contributed by atoms with Gasteiger partial charge in [-0.2, -0.15) is 0 Å². The maximum Gasteiger partial charge on any atom is 0.247 e. The first-order valence-electron chi connectivity index (χ1n) is 7.90. The molecule has 1 atom stereocenters. The first-order chi connectivity index (χ1) is 10.3. The van der Waals surface area contributed by atoms with Crippen molar-refractivity contribution in [3.05, 3.63) is 35.9 Å². The molecule has 0 bridgehead atoms. The van der Waals surface area contributed by atoms with E-state index in [4.69, 9.17) is 0 Å². The second kappa shape index (κ2) is 6.29. The largest absolute Gasteiger partial charge is 0.351 e. The van der Waals surface area contributed by atoms with Gasteiger partial charge >= 0.3 is 0 Å². The van der Waals surface area contributed by atoms with Crippen molar-refractivity contribution in [1.29, 1.82) is 0 Å². The molecule has 4 heteroatoms. The molecule has 2 fully saturated rings. The third kappa shape index (κ3) is 3.09. The number of rotatable bonds is 4. The fraction of sp³-hybridized carbons (Fsp3) is 0.529. The van der Waals surface area contributed by atoms with Crippen LogP contribution in [0, 0.1) is 0 Å². The fourth-order valence-electron chi connectivity index (χ4n) is 3.24. The van der Waals surface area contributed by atoms with E-state index in [9.17, 15) is 9.59 Å². The van der Waals surface area contributed by atoms with Crippen LogP contribution in [-0.4, -0.2) is 29.3 Å². The second-order valence-corrected chi connectivity index (χ2v) is 5.99. The molecule has 2 aliphatic rings. The highest BCUT2D eigenvalue weighted by molar-refractivity contribution is 5.91. The maximum absolute atomic E-state index is 12.7. The summed E-state index contributed by atoms with van der Waals surface area (Å²) in [7, 11) is 0. The zero-order chi connectivity index (χ0) is 14.7. The number of carbonyl (C=O) groups excluding carboxylic acids is 2. The number of hydrogen-bond acceptors (Lipinski definition) is 2. The number of likely N-dealkylation sites (tertiary alicyclic amines) is 1. The van der Waals surface area contributed by atoms with Crippen LogP contribution in [0.1, 0.15) is 50.1 Å². The summed E-state index contributed by atoms with van der Waals surface area (Å²) >= 11 is 0. The van der Waals surface area contributed by atoms with Crippen LogP contribution in [0.25, 0.3) is 0 Å². The Labute approximate surface area is 125 Å². The standard InChI is InChI=1S/C17H22N2O2/c20-15-11-12-19(15)16(13-7-3-1-4-8-13)17(21)18-14-9-5-2-6-10-14/h1,3-4,7-8,14,16H,2,5-6,9-12H2,(H,18,21). The van der Waals surface area contributed by atoms with Crippen LogP contribution < -0.4 is 5.32 Å². The Kier molecular flexibility index (Phi) is 4.23. The molecule has 1 saturated heterocycles. The van der Waals surface area contributed by atoms with E-state index in [-0.39, 0.29) is 17.9 Å². The minimum absolute atomic E-state index is 0.0267. The van der Waals surface area contributed by atoms with Crippen LogP contribution in [0.4, 0.5) is 0 Å². The van der Waals surface area contributed by atoms with Gasteiger partial charge in [-0.15, -0.1) is 0 Å². The van der Waals surface area contributed by atoms with Gasteiger partial charge in [0.15, 0.2) is 0 Å². The van der Waals surface area contributed by atoms with Crippen molar-refractivity contribution in [2.45, 2.75) is 50.6 Å².